The third-order valence-electron chi connectivity index (χ3n) is 4.66. The number of carbonyl (C=O) groups is 3. The molecular weight excluding hydrogens is 360 g/mol. The van der Waals surface area contributed by atoms with Crippen LogP contribution in [0.3, 0.4) is 0 Å². The molecule has 2 atom stereocenters. The largest absolute Gasteiger partial charge is 0.361 e. The molecule has 0 spiro atoms. The van der Waals surface area contributed by atoms with E-state index in [2.05, 4.69) is 15.6 Å². The Bertz CT molecular complexity index is 830. The minimum Gasteiger partial charge on any atom is -0.361 e. The summed E-state index contributed by atoms with van der Waals surface area (Å²) in [4.78, 5) is 39.9. The number of carbonyl (C=O) groups excluding carboxylic acids is 3. The molecule has 0 aliphatic heterocycles. The van der Waals surface area contributed by atoms with Crippen molar-refractivity contribution < 1.29 is 19.6 Å². The van der Waals surface area contributed by atoms with Crippen molar-refractivity contribution in [1.29, 1.82) is 0 Å². The highest BCUT2D eigenvalue weighted by Gasteiger charge is 2.28. The average Bonchev–Trinajstić information content (AvgIpc) is 3.08. The van der Waals surface area contributed by atoms with Crippen LogP contribution >= 0.6 is 0 Å². The zero-order chi connectivity index (χ0) is 20.7. The highest BCUT2D eigenvalue weighted by Crippen LogP contribution is 2.20. The molecule has 8 nitrogen and oxygen atoms in total. The fourth-order valence-electron chi connectivity index (χ4n) is 3.32. The summed E-state index contributed by atoms with van der Waals surface area (Å²) in [5.41, 5.74) is 3.44. The Hall–Kier alpha value is -2.87. The van der Waals surface area contributed by atoms with Gasteiger partial charge in [0.05, 0.1) is 0 Å². The van der Waals surface area contributed by atoms with Crippen LogP contribution < -0.4 is 16.1 Å². The van der Waals surface area contributed by atoms with Gasteiger partial charge in [0, 0.05) is 42.9 Å². The van der Waals surface area contributed by atoms with Gasteiger partial charge in [0.15, 0.2) is 0 Å². The Kier molecular flexibility index (Phi) is 7.57. The SMILES string of the molecule is CNC(=O)[C@H](Cc1c[nH]c2ccccc12)NC(=O)C(CC(=O)NO)CC(C)C. The van der Waals surface area contributed by atoms with Gasteiger partial charge >= 0.3 is 0 Å². The molecule has 1 aromatic carbocycles. The topological polar surface area (TPSA) is 123 Å². The summed E-state index contributed by atoms with van der Waals surface area (Å²) in [5.74, 6) is -1.79. The van der Waals surface area contributed by atoms with Crippen molar-refractivity contribution in [1.82, 2.24) is 21.1 Å². The summed E-state index contributed by atoms with van der Waals surface area (Å²) >= 11 is 0. The Morgan fingerprint density at radius 1 is 1.14 bits per heavy atom. The van der Waals surface area contributed by atoms with E-state index in [4.69, 9.17) is 5.21 Å². The molecule has 0 saturated carbocycles. The molecule has 152 valence electrons. The molecule has 2 rings (SSSR count). The number of hydrogen-bond donors (Lipinski definition) is 5. The maximum absolute atomic E-state index is 12.8. The van der Waals surface area contributed by atoms with E-state index in [-0.39, 0.29) is 24.2 Å². The molecule has 0 aliphatic carbocycles. The van der Waals surface area contributed by atoms with E-state index in [0.717, 1.165) is 16.5 Å². The number of amides is 3. The van der Waals surface area contributed by atoms with Crippen LogP contribution in [0.5, 0.6) is 0 Å². The van der Waals surface area contributed by atoms with Gasteiger partial charge in [-0.15, -0.1) is 0 Å². The van der Waals surface area contributed by atoms with Gasteiger partial charge in [0.2, 0.25) is 17.7 Å². The van der Waals surface area contributed by atoms with Crippen molar-refractivity contribution in [3.63, 3.8) is 0 Å². The quantitative estimate of drug-likeness (QED) is 0.330. The van der Waals surface area contributed by atoms with Crippen LogP contribution in [0.25, 0.3) is 10.9 Å². The first-order valence-corrected chi connectivity index (χ1v) is 9.35. The first-order chi connectivity index (χ1) is 13.3. The summed E-state index contributed by atoms with van der Waals surface area (Å²) in [7, 11) is 1.52. The number of hydroxylamine groups is 1. The van der Waals surface area contributed by atoms with E-state index >= 15 is 0 Å². The van der Waals surface area contributed by atoms with Crippen LogP contribution in [-0.2, 0) is 20.8 Å². The first kappa shape index (κ1) is 21.4. The number of fused-ring (bicyclic) bond motifs is 1. The van der Waals surface area contributed by atoms with E-state index in [0.29, 0.717) is 12.8 Å². The molecule has 5 N–H and O–H groups in total. The van der Waals surface area contributed by atoms with Crippen LogP contribution in [0.15, 0.2) is 30.5 Å². The number of aromatic amines is 1. The Balaban J connectivity index is 2.18. The van der Waals surface area contributed by atoms with Gasteiger partial charge in [0.25, 0.3) is 0 Å². The van der Waals surface area contributed by atoms with Crippen molar-refractivity contribution in [2.45, 2.75) is 39.2 Å². The Morgan fingerprint density at radius 2 is 1.86 bits per heavy atom. The number of H-pyrrole nitrogens is 1. The standard InChI is InChI=1S/C20H28N4O4/c1-12(2)8-13(10-18(25)24-28)19(26)23-17(20(27)21-3)9-14-11-22-16-7-5-4-6-15(14)16/h4-7,11-13,17,22,28H,8-10H2,1-3H3,(H,21,27)(H,23,26)(H,24,25)/t13?,17-/m0/s1. The van der Waals surface area contributed by atoms with Crippen molar-refractivity contribution in [2.75, 3.05) is 7.05 Å². The van der Waals surface area contributed by atoms with Gasteiger partial charge in [-0.1, -0.05) is 32.0 Å². The molecule has 0 bridgehead atoms. The van der Waals surface area contributed by atoms with Crippen molar-refractivity contribution in [2.24, 2.45) is 11.8 Å². The van der Waals surface area contributed by atoms with E-state index < -0.39 is 17.9 Å². The van der Waals surface area contributed by atoms with Crippen LogP contribution in [0, 0.1) is 11.8 Å². The number of rotatable bonds is 9. The predicted octanol–water partition coefficient (Wildman–Crippen LogP) is 1.50. The molecular formula is C20H28N4O4. The fraction of sp³-hybridized carbons (Fsp3) is 0.450. The smallest absolute Gasteiger partial charge is 0.244 e. The van der Waals surface area contributed by atoms with Crippen LogP contribution in [0.4, 0.5) is 0 Å². The molecule has 8 heteroatoms. The molecule has 0 saturated heterocycles. The average molecular weight is 388 g/mol. The Labute approximate surface area is 164 Å². The van der Waals surface area contributed by atoms with E-state index in [1.807, 2.05) is 44.3 Å². The van der Waals surface area contributed by atoms with Gasteiger partial charge in [-0.3, -0.25) is 19.6 Å². The van der Waals surface area contributed by atoms with Crippen molar-refractivity contribution in [3.8, 4) is 0 Å². The van der Waals surface area contributed by atoms with Crippen molar-refractivity contribution >= 4 is 28.6 Å². The predicted molar refractivity (Wildman–Crippen MR) is 105 cm³/mol. The molecule has 1 aromatic heterocycles. The summed E-state index contributed by atoms with van der Waals surface area (Å²) in [6.07, 6.45) is 2.47. The minimum atomic E-state index is -0.774. The first-order valence-electron chi connectivity index (χ1n) is 9.35. The maximum Gasteiger partial charge on any atom is 0.244 e. The number of nitrogens with one attached hydrogen (secondary N) is 4. The molecule has 28 heavy (non-hydrogen) atoms. The maximum atomic E-state index is 12.8. The highest BCUT2D eigenvalue weighted by atomic mass is 16.5. The lowest BCUT2D eigenvalue weighted by Gasteiger charge is -2.22. The molecule has 0 fully saturated rings. The number of para-hydroxylation sites is 1. The number of likely N-dealkylation sites (N-methyl/N-ethyl adjacent to an activating group) is 1. The Morgan fingerprint density at radius 3 is 2.50 bits per heavy atom. The van der Waals surface area contributed by atoms with Crippen LogP contribution in [0.2, 0.25) is 0 Å². The van der Waals surface area contributed by atoms with E-state index in [9.17, 15) is 14.4 Å². The molecule has 1 heterocycles. The van der Waals surface area contributed by atoms with E-state index in [1.54, 1.807) is 5.48 Å². The summed E-state index contributed by atoms with van der Waals surface area (Å²) in [6, 6.07) is 6.96. The van der Waals surface area contributed by atoms with Gasteiger partial charge in [-0.25, -0.2) is 5.48 Å². The molecule has 0 aliphatic rings. The lowest BCUT2D eigenvalue weighted by atomic mass is 9.92. The normalized spacial score (nSPS) is 13.2. The lowest BCUT2D eigenvalue weighted by Crippen LogP contribution is -2.49. The summed E-state index contributed by atoms with van der Waals surface area (Å²) in [5, 5.41) is 15.1. The third-order valence-corrected chi connectivity index (χ3v) is 4.66. The van der Waals surface area contributed by atoms with Crippen molar-refractivity contribution in [3.05, 3.63) is 36.0 Å². The number of aromatic nitrogens is 1. The molecule has 2 aromatic rings. The lowest BCUT2D eigenvalue weighted by molar-refractivity contribution is -0.136. The zero-order valence-corrected chi connectivity index (χ0v) is 16.4. The second-order valence-corrected chi connectivity index (χ2v) is 7.30. The van der Waals surface area contributed by atoms with Crippen LogP contribution in [0.1, 0.15) is 32.3 Å². The number of benzene rings is 1. The molecule has 1 unspecified atom stereocenters. The second kappa shape index (κ2) is 9.89. The van der Waals surface area contributed by atoms with E-state index in [1.165, 1.54) is 7.05 Å². The van der Waals surface area contributed by atoms with Crippen LogP contribution in [-0.4, -0.2) is 41.0 Å². The fourth-order valence-corrected chi connectivity index (χ4v) is 3.32. The number of hydrogen-bond acceptors (Lipinski definition) is 4. The monoisotopic (exact) mass is 388 g/mol. The second-order valence-electron chi connectivity index (χ2n) is 7.30. The molecule has 0 radical (unpaired) electrons. The molecule has 3 amide bonds. The summed E-state index contributed by atoms with van der Waals surface area (Å²) in [6.45, 7) is 3.89. The summed E-state index contributed by atoms with van der Waals surface area (Å²) < 4.78 is 0. The van der Waals surface area contributed by atoms with Gasteiger partial charge in [0.1, 0.15) is 6.04 Å². The van der Waals surface area contributed by atoms with Gasteiger partial charge in [-0.05, 0) is 24.0 Å². The third kappa shape index (κ3) is 5.56. The van der Waals surface area contributed by atoms with Gasteiger partial charge in [-0.2, -0.15) is 0 Å². The van der Waals surface area contributed by atoms with Gasteiger partial charge < -0.3 is 15.6 Å². The minimum absolute atomic E-state index is 0.145. The zero-order valence-electron chi connectivity index (χ0n) is 16.4. The highest BCUT2D eigenvalue weighted by molar-refractivity contribution is 5.91.